The fourth-order valence-electron chi connectivity index (χ4n) is 1.35. The van der Waals surface area contributed by atoms with E-state index in [9.17, 15) is 4.79 Å². The zero-order valence-corrected chi connectivity index (χ0v) is 12.5. The number of benzene rings is 1. The summed E-state index contributed by atoms with van der Waals surface area (Å²) in [5.74, 6) is 0.122. The number of ether oxygens (including phenoxy) is 1. The first-order valence-corrected chi connectivity index (χ1v) is 6.25. The maximum absolute atomic E-state index is 12.2. The summed E-state index contributed by atoms with van der Waals surface area (Å²) in [4.78, 5) is 12.2. The molecule has 0 unspecified atom stereocenters. The van der Waals surface area contributed by atoms with Crippen LogP contribution in [0.5, 0.6) is 5.75 Å². The van der Waals surface area contributed by atoms with Crippen molar-refractivity contribution in [3.63, 3.8) is 0 Å². The molecule has 104 valence electrons. The Morgan fingerprint density at radius 1 is 1.53 bits per heavy atom. The van der Waals surface area contributed by atoms with Crippen LogP contribution in [0, 0.1) is 0 Å². The number of nitrogens with two attached hydrogens (primary N) is 1. The van der Waals surface area contributed by atoms with Crippen LogP contribution >= 0.6 is 15.9 Å². The first-order chi connectivity index (χ1) is 8.81. The average molecular weight is 330 g/mol. The number of amides is 1. The quantitative estimate of drug-likeness (QED) is 0.339. The van der Waals surface area contributed by atoms with Crippen LogP contribution in [0.15, 0.2) is 27.8 Å². The molecule has 0 aliphatic heterocycles. The van der Waals surface area contributed by atoms with Crippen LogP contribution in [0.25, 0.3) is 0 Å². The number of hydrogen-bond donors (Lipinski definition) is 3. The first kappa shape index (κ1) is 15.3. The Labute approximate surface area is 119 Å². The standard InChI is InChI=1S/C12H16BrN3O3/c1-12(2,11(14)16-18)15-10(17)8-6-7(19-3)4-5-9(8)13/h4-6,18H,1-3H3,(H2,14,16)(H,15,17). The van der Waals surface area contributed by atoms with E-state index >= 15 is 0 Å². The lowest BCUT2D eigenvalue weighted by molar-refractivity contribution is 0.0929. The Morgan fingerprint density at radius 3 is 2.68 bits per heavy atom. The number of oxime groups is 1. The van der Waals surface area contributed by atoms with Crippen LogP contribution in [0.1, 0.15) is 24.2 Å². The second-order valence-corrected chi connectivity index (χ2v) is 5.26. The van der Waals surface area contributed by atoms with E-state index in [0.29, 0.717) is 15.8 Å². The van der Waals surface area contributed by atoms with Crippen molar-refractivity contribution in [2.24, 2.45) is 10.9 Å². The summed E-state index contributed by atoms with van der Waals surface area (Å²) in [6.07, 6.45) is 0. The average Bonchev–Trinajstić information content (AvgIpc) is 2.37. The second kappa shape index (κ2) is 5.92. The highest BCUT2D eigenvalue weighted by molar-refractivity contribution is 9.10. The highest BCUT2D eigenvalue weighted by Crippen LogP contribution is 2.23. The SMILES string of the molecule is COc1ccc(Br)c(C(=O)NC(C)(C)/C(N)=N/O)c1. The maximum Gasteiger partial charge on any atom is 0.253 e. The normalized spacial score (nSPS) is 12.1. The van der Waals surface area contributed by atoms with Crippen LogP contribution in [0.4, 0.5) is 0 Å². The molecule has 0 aliphatic rings. The summed E-state index contributed by atoms with van der Waals surface area (Å²) < 4.78 is 5.70. The largest absolute Gasteiger partial charge is 0.497 e. The van der Waals surface area contributed by atoms with Gasteiger partial charge in [0.15, 0.2) is 5.84 Å². The molecule has 1 rings (SSSR count). The van der Waals surface area contributed by atoms with Crippen molar-refractivity contribution in [3.05, 3.63) is 28.2 Å². The predicted molar refractivity (Wildman–Crippen MR) is 75.6 cm³/mol. The van der Waals surface area contributed by atoms with Gasteiger partial charge in [0.25, 0.3) is 5.91 Å². The Hall–Kier alpha value is -1.76. The molecule has 0 saturated carbocycles. The number of carbonyl (C=O) groups is 1. The van der Waals surface area contributed by atoms with Gasteiger partial charge >= 0.3 is 0 Å². The van der Waals surface area contributed by atoms with Gasteiger partial charge in [-0.1, -0.05) is 5.16 Å². The fraction of sp³-hybridized carbons (Fsp3) is 0.333. The maximum atomic E-state index is 12.2. The summed E-state index contributed by atoms with van der Waals surface area (Å²) in [7, 11) is 1.52. The molecule has 0 radical (unpaired) electrons. The third kappa shape index (κ3) is 3.60. The van der Waals surface area contributed by atoms with Crippen LogP contribution in [0.3, 0.4) is 0 Å². The lowest BCUT2D eigenvalue weighted by Gasteiger charge is -2.24. The van der Waals surface area contributed by atoms with Gasteiger partial charge in [0.2, 0.25) is 0 Å². The van der Waals surface area contributed by atoms with Gasteiger partial charge in [0, 0.05) is 4.47 Å². The molecular weight excluding hydrogens is 314 g/mol. The Bertz CT molecular complexity index is 515. The minimum atomic E-state index is -0.964. The molecule has 0 fully saturated rings. The molecule has 19 heavy (non-hydrogen) atoms. The molecule has 0 heterocycles. The van der Waals surface area contributed by atoms with Crippen molar-refractivity contribution in [1.29, 1.82) is 0 Å². The summed E-state index contributed by atoms with van der Waals surface area (Å²) in [5, 5.41) is 14.3. The Balaban J connectivity index is 3.02. The first-order valence-electron chi connectivity index (χ1n) is 5.46. The zero-order valence-electron chi connectivity index (χ0n) is 10.9. The van der Waals surface area contributed by atoms with Gasteiger partial charge in [-0.05, 0) is 48.0 Å². The van der Waals surface area contributed by atoms with Crippen molar-refractivity contribution in [2.75, 3.05) is 7.11 Å². The third-order valence-corrected chi connectivity index (χ3v) is 3.28. The molecule has 1 aromatic rings. The van der Waals surface area contributed by atoms with E-state index in [4.69, 9.17) is 15.7 Å². The molecule has 4 N–H and O–H groups in total. The van der Waals surface area contributed by atoms with E-state index in [-0.39, 0.29) is 11.7 Å². The number of halogens is 1. The summed E-state index contributed by atoms with van der Waals surface area (Å²) in [6.45, 7) is 3.27. The lowest BCUT2D eigenvalue weighted by Crippen LogP contribution is -2.53. The van der Waals surface area contributed by atoms with Crippen molar-refractivity contribution in [1.82, 2.24) is 5.32 Å². The molecule has 0 aromatic heterocycles. The van der Waals surface area contributed by atoms with Crippen LogP contribution in [0.2, 0.25) is 0 Å². The van der Waals surface area contributed by atoms with Crippen molar-refractivity contribution < 1.29 is 14.7 Å². The molecular formula is C12H16BrN3O3. The summed E-state index contributed by atoms with van der Waals surface area (Å²) in [6, 6.07) is 5.04. The van der Waals surface area contributed by atoms with Crippen molar-refractivity contribution >= 4 is 27.7 Å². The monoisotopic (exact) mass is 329 g/mol. The number of amidine groups is 1. The van der Waals surface area contributed by atoms with Gasteiger partial charge in [0.05, 0.1) is 18.2 Å². The number of carbonyl (C=O) groups excluding carboxylic acids is 1. The van der Waals surface area contributed by atoms with Crippen molar-refractivity contribution in [2.45, 2.75) is 19.4 Å². The number of methoxy groups -OCH3 is 1. The smallest absolute Gasteiger partial charge is 0.253 e. The number of nitrogens with one attached hydrogen (secondary N) is 1. The fourth-order valence-corrected chi connectivity index (χ4v) is 1.77. The molecule has 6 nitrogen and oxygen atoms in total. The highest BCUT2D eigenvalue weighted by atomic mass is 79.9. The predicted octanol–water partition coefficient (Wildman–Crippen LogP) is 1.71. The zero-order chi connectivity index (χ0) is 14.6. The van der Waals surface area contributed by atoms with E-state index in [1.807, 2.05) is 0 Å². The summed E-state index contributed by atoms with van der Waals surface area (Å²) in [5.41, 5.74) is 4.96. The van der Waals surface area contributed by atoms with E-state index in [2.05, 4.69) is 26.4 Å². The molecule has 1 aromatic carbocycles. The molecule has 0 spiro atoms. The number of hydrogen-bond acceptors (Lipinski definition) is 4. The van der Waals surface area contributed by atoms with E-state index in [1.165, 1.54) is 7.11 Å². The molecule has 7 heteroatoms. The van der Waals surface area contributed by atoms with Crippen molar-refractivity contribution in [3.8, 4) is 5.75 Å². The minimum absolute atomic E-state index is 0.0835. The summed E-state index contributed by atoms with van der Waals surface area (Å²) >= 11 is 3.29. The van der Waals surface area contributed by atoms with Gasteiger partial charge < -0.3 is 21.0 Å². The topological polar surface area (TPSA) is 96.9 Å². The van der Waals surface area contributed by atoms with Crippen LogP contribution < -0.4 is 15.8 Å². The van der Waals surface area contributed by atoms with Crippen LogP contribution in [-0.4, -0.2) is 29.6 Å². The second-order valence-electron chi connectivity index (χ2n) is 4.41. The third-order valence-electron chi connectivity index (χ3n) is 2.59. The molecule has 0 saturated heterocycles. The molecule has 0 bridgehead atoms. The molecule has 0 aliphatic carbocycles. The Kier molecular flexibility index (Phi) is 4.77. The van der Waals surface area contributed by atoms with Gasteiger partial charge in [0.1, 0.15) is 5.75 Å². The van der Waals surface area contributed by atoms with E-state index in [1.54, 1.807) is 32.0 Å². The number of rotatable bonds is 4. The van der Waals surface area contributed by atoms with E-state index < -0.39 is 5.54 Å². The Morgan fingerprint density at radius 2 is 2.16 bits per heavy atom. The van der Waals surface area contributed by atoms with Gasteiger partial charge in [-0.2, -0.15) is 0 Å². The molecule has 1 amide bonds. The van der Waals surface area contributed by atoms with Gasteiger partial charge in [-0.15, -0.1) is 0 Å². The number of nitrogens with zero attached hydrogens (tertiary/aromatic N) is 1. The van der Waals surface area contributed by atoms with Crippen LogP contribution in [-0.2, 0) is 0 Å². The molecule has 0 atom stereocenters. The highest BCUT2D eigenvalue weighted by Gasteiger charge is 2.27. The van der Waals surface area contributed by atoms with E-state index in [0.717, 1.165) is 0 Å². The lowest BCUT2D eigenvalue weighted by atomic mass is 10.0. The van der Waals surface area contributed by atoms with Gasteiger partial charge in [-0.3, -0.25) is 4.79 Å². The van der Waals surface area contributed by atoms with Gasteiger partial charge in [-0.25, -0.2) is 0 Å². The minimum Gasteiger partial charge on any atom is -0.497 e.